The summed E-state index contributed by atoms with van der Waals surface area (Å²) in [6, 6.07) is 7.41. The van der Waals surface area contributed by atoms with Gasteiger partial charge in [0.2, 0.25) is 5.91 Å². The van der Waals surface area contributed by atoms with E-state index >= 15 is 0 Å². The topological polar surface area (TPSA) is 50.4 Å². The normalized spacial score (nSPS) is 21.8. The lowest BCUT2D eigenvalue weighted by atomic mass is 9.82. The molecule has 2 atom stereocenters. The van der Waals surface area contributed by atoms with Crippen LogP contribution in [0.3, 0.4) is 0 Å². The molecule has 1 saturated carbocycles. The zero-order chi connectivity index (χ0) is 15.1. The maximum absolute atomic E-state index is 11.9. The van der Waals surface area contributed by atoms with Crippen LogP contribution in [-0.4, -0.2) is 26.1 Å². The molecule has 0 aromatic heterocycles. The van der Waals surface area contributed by atoms with E-state index in [-0.39, 0.29) is 5.91 Å². The molecule has 2 rings (SSSR count). The zero-order valence-electron chi connectivity index (χ0n) is 13.0. The predicted molar refractivity (Wildman–Crippen MR) is 85.6 cm³/mol. The van der Waals surface area contributed by atoms with Crippen LogP contribution in [0.2, 0.25) is 0 Å². The third-order valence-electron chi connectivity index (χ3n) is 4.12. The SMILES string of the molecule is COc1cccc(NC(=O)CNCC2CCCC(C)C2)c1. The van der Waals surface area contributed by atoms with Crippen LogP contribution in [0.1, 0.15) is 32.6 Å². The molecular weight excluding hydrogens is 264 g/mol. The van der Waals surface area contributed by atoms with E-state index < -0.39 is 0 Å². The van der Waals surface area contributed by atoms with E-state index in [4.69, 9.17) is 4.74 Å². The Kier molecular flexibility index (Phi) is 6.05. The number of ether oxygens (including phenoxy) is 1. The van der Waals surface area contributed by atoms with Gasteiger partial charge in [-0.3, -0.25) is 4.79 Å². The van der Waals surface area contributed by atoms with Gasteiger partial charge in [0, 0.05) is 11.8 Å². The summed E-state index contributed by atoms with van der Waals surface area (Å²) in [5, 5.41) is 6.16. The van der Waals surface area contributed by atoms with Gasteiger partial charge in [0.05, 0.1) is 13.7 Å². The Balaban J connectivity index is 1.69. The fourth-order valence-corrected chi connectivity index (χ4v) is 3.04. The Labute approximate surface area is 127 Å². The van der Waals surface area contributed by atoms with Crippen molar-refractivity contribution < 1.29 is 9.53 Å². The van der Waals surface area contributed by atoms with Crippen LogP contribution in [0.15, 0.2) is 24.3 Å². The lowest BCUT2D eigenvalue weighted by molar-refractivity contribution is -0.115. The van der Waals surface area contributed by atoms with Gasteiger partial charge < -0.3 is 15.4 Å². The maximum Gasteiger partial charge on any atom is 0.238 e. The number of nitrogens with one attached hydrogen (secondary N) is 2. The molecule has 0 spiro atoms. The van der Waals surface area contributed by atoms with Crippen molar-refractivity contribution >= 4 is 11.6 Å². The third-order valence-corrected chi connectivity index (χ3v) is 4.12. The van der Waals surface area contributed by atoms with Crippen molar-refractivity contribution in [1.29, 1.82) is 0 Å². The van der Waals surface area contributed by atoms with Gasteiger partial charge in [-0.25, -0.2) is 0 Å². The minimum Gasteiger partial charge on any atom is -0.497 e. The van der Waals surface area contributed by atoms with Crippen molar-refractivity contribution in [1.82, 2.24) is 5.32 Å². The average molecular weight is 290 g/mol. The summed E-state index contributed by atoms with van der Waals surface area (Å²) in [5.74, 6) is 2.29. The number of methoxy groups -OCH3 is 1. The summed E-state index contributed by atoms with van der Waals surface area (Å²) in [6.07, 6.45) is 5.25. The summed E-state index contributed by atoms with van der Waals surface area (Å²) >= 11 is 0. The molecule has 2 N–H and O–H groups in total. The quantitative estimate of drug-likeness (QED) is 0.846. The molecule has 0 aliphatic heterocycles. The van der Waals surface area contributed by atoms with Crippen molar-refractivity contribution in [2.75, 3.05) is 25.5 Å². The molecule has 1 amide bonds. The summed E-state index contributed by atoms with van der Waals surface area (Å²) in [5.41, 5.74) is 0.771. The molecule has 0 heterocycles. The molecule has 116 valence electrons. The maximum atomic E-state index is 11.9. The van der Waals surface area contributed by atoms with Crippen LogP contribution in [0, 0.1) is 11.8 Å². The number of carbonyl (C=O) groups is 1. The van der Waals surface area contributed by atoms with Crippen molar-refractivity contribution in [2.24, 2.45) is 11.8 Å². The van der Waals surface area contributed by atoms with E-state index in [2.05, 4.69) is 17.6 Å². The lowest BCUT2D eigenvalue weighted by Crippen LogP contribution is -2.33. The number of amides is 1. The Hall–Kier alpha value is -1.55. The number of carbonyl (C=O) groups excluding carboxylic acids is 1. The number of anilines is 1. The molecule has 1 aromatic carbocycles. The molecular formula is C17H26N2O2. The van der Waals surface area contributed by atoms with E-state index in [0.717, 1.165) is 29.8 Å². The van der Waals surface area contributed by atoms with E-state index in [0.29, 0.717) is 6.54 Å². The van der Waals surface area contributed by atoms with Crippen molar-refractivity contribution in [3.63, 3.8) is 0 Å². The first kappa shape index (κ1) is 15.8. The van der Waals surface area contributed by atoms with Crippen LogP contribution in [0.4, 0.5) is 5.69 Å². The monoisotopic (exact) mass is 290 g/mol. The average Bonchev–Trinajstić information content (AvgIpc) is 2.47. The van der Waals surface area contributed by atoms with Crippen LogP contribution in [-0.2, 0) is 4.79 Å². The second-order valence-corrected chi connectivity index (χ2v) is 6.05. The number of hydrogen-bond donors (Lipinski definition) is 2. The number of hydrogen-bond acceptors (Lipinski definition) is 3. The Morgan fingerprint density at radius 2 is 2.24 bits per heavy atom. The van der Waals surface area contributed by atoms with Crippen molar-refractivity contribution in [3.05, 3.63) is 24.3 Å². The molecule has 1 aliphatic carbocycles. The summed E-state index contributed by atoms with van der Waals surface area (Å²) < 4.78 is 5.14. The fourth-order valence-electron chi connectivity index (χ4n) is 3.04. The Bertz CT molecular complexity index is 462. The first-order chi connectivity index (χ1) is 10.2. The van der Waals surface area contributed by atoms with E-state index in [9.17, 15) is 4.79 Å². The first-order valence-corrected chi connectivity index (χ1v) is 7.82. The van der Waals surface area contributed by atoms with E-state index in [1.165, 1.54) is 25.7 Å². The highest BCUT2D eigenvalue weighted by Crippen LogP contribution is 2.27. The minimum atomic E-state index is -0.00730. The highest BCUT2D eigenvalue weighted by atomic mass is 16.5. The predicted octanol–water partition coefficient (Wildman–Crippen LogP) is 3.05. The standard InChI is InChI=1S/C17H26N2O2/c1-13-5-3-6-14(9-13)11-18-12-17(20)19-15-7-4-8-16(10-15)21-2/h4,7-8,10,13-14,18H,3,5-6,9,11-12H2,1-2H3,(H,19,20). The Morgan fingerprint density at radius 3 is 3.00 bits per heavy atom. The molecule has 0 radical (unpaired) electrons. The molecule has 0 saturated heterocycles. The second kappa shape index (κ2) is 8.03. The van der Waals surface area contributed by atoms with Gasteiger partial charge in [0.1, 0.15) is 5.75 Å². The van der Waals surface area contributed by atoms with E-state index in [1.807, 2.05) is 24.3 Å². The van der Waals surface area contributed by atoms with Gasteiger partial charge in [-0.1, -0.05) is 25.8 Å². The fraction of sp³-hybridized carbons (Fsp3) is 0.588. The zero-order valence-corrected chi connectivity index (χ0v) is 13.0. The molecule has 4 heteroatoms. The minimum absolute atomic E-state index is 0.00730. The molecule has 2 unspecified atom stereocenters. The van der Waals surface area contributed by atoms with Crippen molar-refractivity contribution in [2.45, 2.75) is 32.6 Å². The van der Waals surface area contributed by atoms with Crippen molar-refractivity contribution in [3.8, 4) is 5.75 Å². The van der Waals surface area contributed by atoms with Gasteiger partial charge in [-0.2, -0.15) is 0 Å². The van der Waals surface area contributed by atoms with Gasteiger partial charge in [0.15, 0.2) is 0 Å². The smallest absolute Gasteiger partial charge is 0.238 e. The highest BCUT2D eigenvalue weighted by molar-refractivity contribution is 5.92. The summed E-state index contributed by atoms with van der Waals surface area (Å²) in [4.78, 5) is 11.9. The molecule has 1 aromatic rings. The molecule has 4 nitrogen and oxygen atoms in total. The van der Waals surface area contributed by atoms with Crippen LogP contribution < -0.4 is 15.4 Å². The van der Waals surface area contributed by atoms with Gasteiger partial charge >= 0.3 is 0 Å². The number of benzene rings is 1. The summed E-state index contributed by atoms with van der Waals surface area (Å²) in [7, 11) is 1.62. The lowest BCUT2D eigenvalue weighted by Gasteiger charge is -2.26. The molecule has 1 fully saturated rings. The summed E-state index contributed by atoms with van der Waals surface area (Å²) in [6.45, 7) is 3.62. The van der Waals surface area contributed by atoms with Crippen LogP contribution in [0.5, 0.6) is 5.75 Å². The number of rotatable bonds is 6. The van der Waals surface area contributed by atoms with Crippen LogP contribution >= 0.6 is 0 Å². The highest BCUT2D eigenvalue weighted by Gasteiger charge is 2.18. The Morgan fingerprint density at radius 1 is 1.38 bits per heavy atom. The molecule has 21 heavy (non-hydrogen) atoms. The second-order valence-electron chi connectivity index (χ2n) is 6.05. The molecule has 0 bridgehead atoms. The largest absolute Gasteiger partial charge is 0.497 e. The van der Waals surface area contributed by atoms with Crippen LogP contribution in [0.25, 0.3) is 0 Å². The molecule has 1 aliphatic rings. The van der Waals surface area contributed by atoms with Gasteiger partial charge in [-0.15, -0.1) is 0 Å². The van der Waals surface area contributed by atoms with Gasteiger partial charge in [0.25, 0.3) is 0 Å². The third kappa shape index (κ3) is 5.38. The van der Waals surface area contributed by atoms with Gasteiger partial charge in [-0.05, 0) is 43.4 Å². The first-order valence-electron chi connectivity index (χ1n) is 7.82. The van der Waals surface area contributed by atoms with E-state index in [1.54, 1.807) is 7.11 Å².